The maximum absolute atomic E-state index is 11.5. The van der Waals surface area contributed by atoms with Crippen molar-refractivity contribution >= 4 is 17.2 Å². The Morgan fingerprint density at radius 1 is 1.69 bits per heavy atom. The summed E-state index contributed by atoms with van der Waals surface area (Å²) in [5, 5.41) is 4.89. The van der Waals surface area contributed by atoms with Crippen molar-refractivity contribution < 1.29 is 4.79 Å². The first-order chi connectivity index (χ1) is 7.76. The van der Waals surface area contributed by atoms with Crippen LogP contribution in [0.4, 0.5) is 0 Å². The summed E-state index contributed by atoms with van der Waals surface area (Å²) in [4.78, 5) is 15.7. The molecule has 0 aliphatic heterocycles. The van der Waals surface area contributed by atoms with E-state index in [1.54, 1.807) is 16.8 Å². The third-order valence-corrected chi connectivity index (χ3v) is 3.21. The molecule has 5 heteroatoms. The second kappa shape index (κ2) is 7.35. The highest BCUT2D eigenvalue weighted by atomic mass is 32.1. The van der Waals surface area contributed by atoms with Crippen LogP contribution >= 0.6 is 11.3 Å². The lowest BCUT2D eigenvalue weighted by atomic mass is 10.0. The summed E-state index contributed by atoms with van der Waals surface area (Å²) in [6, 6.07) is 0. The zero-order chi connectivity index (χ0) is 11.8. The normalized spacial score (nSPS) is 12.4. The van der Waals surface area contributed by atoms with Gasteiger partial charge in [0.05, 0.1) is 11.2 Å². The molecule has 0 bridgehead atoms. The Balaban J connectivity index is 2.15. The Morgan fingerprint density at radius 2 is 2.50 bits per heavy atom. The van der Waals surface area contributed by atoms with Gasteiger partial charge in [0.2, 0.25) is 5.91 Å². The quantitative estimate of drug-likeness (QED) is 0.753. The van der Waals surface area contributed by atoms with Gasteiger partial charge in [-0.15, -0.1) is 11.3 Å². The second-order valence-electron chi connectivity index (χ2n) is 3.79. The van der Waals surface area contributed by atoms with Crippen molar-refractivity contribution in [2.75, 3.05) is 13.1 Å². The zero-order valence-electron chi connectivity index (χ0n) is 9.61. The smallest absolute Gasteiger partial charge is 0.220 e. The fraction of sp³-hybridized carbons (Fsp3) is 0.636. The van der Waals surface area contributed by atoms with Gasteiger partial charge in [0.1, 0.15) is 0 Å². The minimum Gasteiger partial charge on any atom is -0.356 e. The molecule has 0 aliphatic carbocycles. The highest BCUT2D eigenvalue weighted by Crippen LogP contribution is 2.05. The molecule has 0 fully saturated rings. The molecule has 1 rings (SSSR count). The fourth-order valence-electron chi connectivity index (χ4n) is 1.42. The monoisotopic (exact) mass is 241 g/mol. The molecular formula is C11H19N3OS. The van der Waals surface area contributed by atoms with Gasteiger partial charge in [-0.25, -0.2) is 4.98 Å². The molecule has 0 radical (unpaired) electrons. The number of nitrogens with two attached hydrogens (primary N) is 1. The molecule has 1 unspecified atom stereocenters. The lowest BCUT2D eigenvalue weighted by Gasteiger charge is -2.11. The number of amides is 1. The Kier molecular flexibility index (Phi) is 6.03. The number of aromatic nitrogens is 1. The molecule has 1 heterocycles. The van der Waals surface area contributed by atoms with Crippen molar-refractivity contribution in [3.63, 3.8) is 0 Å². The van der Waals surface area contributed by atoms with Crippen LogP contribution in [0, 0.1) is 5.92 Å². The van der Waals surface area contributed by atoms with E-state index >= 15 is 0 Å². The molecular weight excluding hydrogens is 222 g/mol. The van der Waals surface area contributed by atoms with Crippen LogP contribution in [0.15, 0.2) is 10.9 Å². The lowest BCUT2D eigenvalue weighted by molar-refractivity contribution is -0.121. The lowest BCUT2D eigenvalue weighted by Crippen LogP contribution is -2.29. The summed E-state index contributed by atoms with van der Waals surface area (Å²) in [5.41, 5.74) is 8.39. The average Bonchev–Trinajstić information content (AvgIpc) is 2.79. The molecule has 1 amide bonds. The van der Waals surface area contributed by atoms with Gasteiger partial charge >= 0.3 is 0 Å². The topological polar surface area (TPSA) is 68.0 Å². The zero-order valence-corrected chi connectivity index (χ0v) is 10.4. The van der Waals surface area contributed by atoms with Gasteiger partial charge in [0, 0.05) is 24.8 Å². The molecule has 0 aliphatic rings. The predicted molar refractivity (Wildman–Crippen MR) is 66.3 cm³/mol. The molecule has 3 N–H and O–H groups in total. The first kappa shape index (κ1) is 13.1. The Hall–Kier alpha value is -0.940. The van der Waals surface area contributed by atoms with E-state index < -0.39 is 0 Å². The van der Waals surface area contributed by atoms with Gasteiger partial charge in [0.15, 0.2) is 0 Å². The van der Waals surface area contributed by atoms with Crippen molar-refractivity contribution in [2.24, 2.45) is 11.7 Å². The molecule has 0 spiro atoms. The van der Waals surface area contributed by atoms with E-state index in [1.807, 2.05) is 5.38 Å². The molecule has 16 heavy (non-hydrogen) atoms. The first-order valence-electron chi connectivity index (χ1n) is 5.60. The third-order valence-electron chi connectivity index (χ3n) is 2.57. The van der Waals surface area contributed by atoms with Gasteiger partial charge in [-0.2, -0.15) is 0 Å². The summed E-state index contributed by atoms with van der Waals surface area (Å²) in [7, 11) is 0. The summed E-state index contributed by atoms with van der Waals surface area (Å²) in [6.45, 7) is 3.29. The average molecular weight is 241 g/mol. The van der Waals surface area contributed by atoms with E-state index in [0.717, 1.165) is 18.5 Å². The van der Waals surface area contributed by atoms with E-state index in [-0.39, 0.29) is 5.91 Å². The molecule has 1 aromatic heterocycles. The molecule has 0 saturated heterocycles. The largest absolute Gasteiger partial charge is 0.356 e. The maximum atomic E-state index is 11.5. The predicted octanol–water partition coefficient (Wildman–Crippen LogP) is 1.18. The molecule has 4 nitrogen and oxygen atoms in total. The van der Waals surface area contributed by atoms with Crippen LogP contribution in [0.1, 0.15) is 25.5 Å². The number of nitrogens with zero attached hydrogens (tertiary/aromatic N) is 1. The number of carbonyl (C=O) groups excluding carboxylic acids is 1. The summed E-state index contributed by atoms with van der Waals surface area (Å²) < 4.78 is 0. The summed E-state index contributed by atoms with van der Waals surface area (Å²) in [5.74, 6) is 0.395. The van der Waals surface area contributed by atoms with Gasteiger partial charge in [-0.1, -0.05) is 13.3 Å². The second-order valence-corrected chi connectivity index (χ2v) is 4.51. The number of carbonyl (C=O) groups is 1. The standard InChI is InChI=1S/C11H19N3OS/c1-2-9(6-12)5-11(15)13-4-3-10-7-16-8-14-10/h7-9H,2-6,12H2,1H3,(H,13,15). The Bertz CT molecular complexity index is 296. The fourth-order valence-corrected chi connectivity index (χ4v) is 2.01. The van der Waals surface area contributed by atoms with Gasteiger partial charge < -0.3 is 11.1 Å². The molecule has 0 aromatic carbocycles. The highest BCUT2D eigenvalue weighted by Gasteiger charge is 2.09. The van der Waals surface area contributed by atoms with Crippen LogP contribution in [0.5, 0.6) is 0 Å². The minimum absolute atomic E-state index is 0.0903. The molecule has 0 saturated carbocycles. The van der Waals surface area contributed by atoms with E-state index in [0.29, 0.717) is 25.4 Å². The third kappa shape index (κ3) is 4.72. The number of rotatable bonds is 7. The first-order valence-corrected chi connectivity index (χ1v) is 6.54. The van der Waals surface area contributed by atoms with Gasteiger partial charge in [-0.05, 0) is 12.5 Å². The van der Waals surface area contributed by atoms with Crippen LogP contribution in [0.25, 0.3) is 0 Å². The number of hydrogen-bond donors (Lipinski definition) is 2. The number of nitrogens with one attached hydrogen (secondary N) is 1. The maximum Gasteiger partial charge on any atom is 0.220 e. The Morgan fingerprint density at radius 3 is 3.06 bits per heavy atom. The van der Waals surface area contributed by atoms with Gasteiger partial charge in [0.25, 0.3) is 0 Å². The highest BCUT2D eigenvalue weighted by molar-refractivity contribution is 7.07. The van der Waals surface area contributed by atoms with E-state index in [9.17, 15) is 4.79 Å². The van der Waals surface area contributed by atoms with Crippen molar-refractivity contribution in [1.29, 1.82) is 0 Å². The minimum atomic E-state index is 0.0903. The van der Waals surface area contributed by atoms with E-state index in [1.165, 1.54) is 0 Å². The molecule has 90 valence electrons. The SMILES string of the molecule is CCC(CN)CC(=O)NCCc1cscn1. The Labute approximate surface area is 100 Å². The molecule has 1 aromatic rings. The van der Waals surface area contributed by atoms with Crippen molar-refractivity contribution in [3.8, 4) is 0 Å². The van der Waals surface area contributed by atoms with Crippen LogP contribution < -0.4 is 11.1 Å². The van der Waals surface area contributed by atoms with E-state index in [4.69, 9.17) is 5.73 Å². The van der Waals surface area contributed by atoms with Crippen molar-refractivity contribution in [2.45, 2.75) is 26.2 Å². The van der Waals surface area contributed by atoms with Crippen molar-refractivity contribution in [3.05, 3.63) is 16.6 Å². The summed E-state index contributed by atoms with van der Waals surface area (Å²) in [6.07, 6.45) is 2.29. The van der Waals surface area contributed by atoms with Crippen molar-refractivity contribution in [1.82, 2.24) is 10.3 Å². The van der Waals surface area contributed by atoms with E-state index in [2.05, 4.69) is 17.2 Å². The van der Waals surface area contributed by atoms with Crippen LogP contribution in [0.3, 0.4) is 0 Å². The van der Waals surface area contributed by atoms with Crippen LogP contribution in [-0.2, 0) is 11.2 Å². The number of thiazole rings is 1. The number of hydrogen-bond acceptors (Lipinski definition) is 4. The molecule has 1 atom stereocenters. The van der Waals surface area contributed by atoms with Crippen LogP contribution in [-0.4, -0.2) is 24.0 Å². The van der Waals surface area contributed by atoms with Crippen LogP contribution in [0.2, 0.25) is 0 Å². The summed E-state index contributed by atoms with van der Waals surface area (Å²) >= 11 is 1.58. The van der Waals surface area contributed by atoms with Gasteiger partial charge in [-0.3, -0.25) is 4.79 Å².